The Morgan fingerprint density at radius 2 is 2.08 bits per heavy atom. The number of aliphatic imine (C=N–C) groups is 1. The van der Waals surface area contributed by atoms with Crippen molar-refractivity contribution < 1.29 is 4.79 Å². The third-order valence-electron chi connectivity index (χ3n) is 4.11. The lowest BCUT2D eigenvalue weighted by atomic mass is 10.1. The van der Waals surface area contributed by atoms with Crippen molar-refractivity contribution in [2.45, 2.75) is 38.8 Å². The molecule has 1 aromatic heterocycles. The Bertz CT molecular complexity index is 564. The Kier molecular flexibility index (Phi) is 7.03. The molecule has 1 aliphatic rings. The number of likely N-dealkylation sites (N-methyl/N-ethyl adjacent to an activating group) is 1. The van der Waals surface area contributed by atoms with Crippen molar-refractivity contribution in [3.8, 4) is 0 Å². The number of aromatic nitrogens is 1. The molecule has 1 saturated heterocycles. The van der Waals surface area contributed by atoms with Gasteiger partial charge in [-0.1, -0.05) is 6.07 Å². The van der Waals surface area contributed by atoms with Crippen molar-refractivity contribution in [3.63, 3.8) is 0 Å². The first kappa shape index (κ1) is 19.0. The van der Waals surface area contributed by atoms with Gasteiger partial charge in [-0.05, 0) is 38.8 Å². The van der Waals surface area contributed by atoms with Crippen LogP contribution in [0.3, 0.4) is 0 Å². The first-order chi connectivity index (χ1) is 12.0. The molecule has 0 atom stereocenters. The molecule has 0 bridgehead atoms. The summed E-state index contributed by atoms with van der Waals surface area (Å²) in [6.45, 7) is 6.20. The highest BCUT2D eigenvalue weighted by atomic mass is 16.2. The van der Waals surface area contributed by atoms with Crippen molar-refractivity contribution >= 4 is 17.7 Å². The van der Waals surface area contributed by atoms with E-state index >= 15 is 0 Å². The second kappa shape index (κ2) is 9.25. The van der Waals surface area contributed by atoms with E-state index in [2.05, 4.69) is 39.4 Å². The molecule has 138 valence electrons. The molecule has 2 N–H and O–H groups in total. The predicted octanol–water partition coefficient (Wildman–Crippen LogP) is 1.08. The van der Waals surface area contributed by atoms with E-state index in [9.17, 15) is 4.79 Å². The molecule has 0 radical (unpaired) electrons. The lowest BCUT2D eigenvalue weighted by molar-refractivity contribution is -0.127. The smallest absolute Gasteiger partial charge is 0.243 e. The second-order valence-corrected chi connectivity index (χ2v) is 6.85. The SMILES string of the molecule is CC(C)NC(=NCC(=O)N(C)C)NC1CCN(c2ccccn2)CC1. The number of rotatable bonds is 5. The van der Waals surface area contributed by atoms with E-state index in [1.54, 1.807) is 19.0 Å². The van der Waals surface area contributed by atoms with Gasteiger partial charge in [-0.15, -0.1) is 0 Å². The number of hydrogen-bond acceptors (Lipinski definition) is 4. The topological polar surface area (TPSA) is 72.9 Å². The number of pyridine rings is 1. The molecule has 7 nitrogen and oxygen atoms in total. The Labute approximate surface area is 150 Å². The quantitative estimate of drug-likeness (QED) is 0.617. The number of carbonyl (C=O) groups is 1. The molecule has 2 heterocycles. The zero-order valence-electron chi connectivity index (χ0n) is 15.7. The van der Waals surface area contributed by atoms with Gasteiger partial charge < -0.3 is 20.4 Å². The first-order valence-corrected chi connectivity index (χ1v) is 8.89. The maximum Gasteiger partial charge on any atom is 0.243 e. The highest BCUT2D eigenvalue weighted by molar-refractivity contribution is 5.85. The van der Waals surface area contributed by atoms with E-state index in [-0.39, 0.29) is 18.5 Å². The molecular weight excluding hydrogens is 316 g/mol. The summed E-state index contributed by atoms with van der Waals surface area (Å²) in [6.07, 6.45) is 3.85. The maximum atomic E-state index is 11.8. The Hall–Kier alpha value is -2.31. The van der Waals surface area contributed by atoms with E-state index in [0.717, 1.165) is 31.7 Å². The summed E-state index contributed by atoms with van der Waals surface area (Å²) in [6, 6.07) is 6.61. The van der Waals surface area contributed by atoms with Gasteiger partial charge in [-0.25, -0.2) is 9.98 Å². The molecule has 1 aromatic rings. The normalized spacial score (nSPS) is 16.0. The molecule has 2 rings (SSSR count). The number of anilines is 1. The minimum atomic E-state index is -0.00479. The highest BCUT2D eigenvalue weighted by Crippen LogP contribution is 2.17. The van der Waals surface area contributed by atoms with Crippen LogP contribution in [-0.4, -0.2) is 67.6 Å². The molecule has 1 fully saturated rings. The average molecular weight is 346 g/mol. The molecule has 7 heteroatoms. The van der Waals surface area contributed by atoms with Crippen LogP contribution in [0.2, 0.25) is 0 Å². The molecule has 1 aliphatic heterocycles. The summed E-state index contributed by atoms with van der Waals surface area (Å²) in [5.74, 6) is 1.74. The summed E-state index contributed by atoms with van der Waals surface area (Å²) in [5, 5.41) is 6.78. The van der Waals surface area contributed by atoms with Crippen molar-refractivity contribution in [3.05, 3.63) is 24.4 Å². The molecule has 25 heavy (non-hydrogen) atoms. The maximum absolute atomic E-state index is 11.8. The monoisotopic (exact) mass is 346 g/mol. The summed E-state index contributed by atoms with van der Waals surface area (Å²) >= 11 is 0. The summed E-state index contributed by atoms with van der Waals surface area (Å²) in [4.78, 5) is 24.5. The van der Waals surface area contributed by atoms with Crippen molar-refractivity contribution in [2.75, 3.05) is 38.6 Å². The number of guanidine groups is 1. The van der Waals surface area contributed by atoms with E-state index < -0.39 is 0 Å². The number of piperidine rings is 1. The second-order valence-electron chi connectivity index (χ2n) is 6.85. The van der Waals surface area contributed by atoms with Gasteiger partial charge in [0.1, 0.15) is 12.4 Å². The minimum absolute atomic E-state index is 0.00479. The van der Waals surface area contributed by atoms with Crippen molar-refractivity contribution in [1.29, 1.82) is 0 Å². The van der Waals surface area contributed by atoms with Crippen LogP contribution < -0.4 is 15.5 Å². The van der Waals surface area contributed by atoms with Gasteiger partial charge >= 0.3 is 0 Å². The average Bonchev–Trinajstić information content (AvgIpc) is 2.60. The van der Waals surface area contributed by atoms with Crippen molar-refractivity contribution in [2.24, 2.45) is 4.99 Å². The molecule has 0 spiro atoms. The summed E-state index contributed by atoms with van der Waals surface area (Å²) < 4.78 is 0. The van der Waals surface area contributed by atoms with Crippen LogP contribution in [0.15, 0.2) is 29.4 Å². The Morgan fingerprint density at radius 3 is 2.64 bits per heavy atom. The van der Waals surface area contributed by atoms with Crippen LogP contribution in [0, 0.1) is 0 Å². The molecule has 0 aromatic carbocycles. The standard InChI is InChI=1S/C18H30N6O/c1-14(2)21-18(20-13-17(25)23(3)4)22-15-8-11-24(12-9-15)16-7-5-6-10-19-16/h5-7,10,14-15H,8-9,11-13H2,1-4H3,(H2,20,21,22). The number of carbonyl (C=O) groups excluding carboxylic acids is 1. The van der Waals surface area contributed by atoms with E-state index in [0.29, 0.717) is 12.0 Å². The van der Waals surface area contributed by atoms with Gasteiger partial charge in [0.2, 0.25) is 5.91 Å². The van der Waals surface area contributed by atoms with Gasteiger partial charge in [0.05, 0.1) is 0 Å². The fourth-order valence-electron chi connectivity index (χ4n) is 2.68. The molecule has 0 aliphatic carbocycles. The van der Waals surface area contributed by atoms with Gasteiger partial charge in [-0.3, -0.25) is 4.79 Å². The van der Waals surface area contributed by atoms with Crippen LogP contribution in [0.1, 0.15) is 26.7 Å². The van der Waals surface area contributed by atoms with E-state index in [1.807, 2.05) is 24.4 Å². The van der Waals surface area contributed by atoms with Crippen LogP contribution in [0.4, 0.5) is 5.82 Å². The van der Waals surface area contributed by atoms with Crippen LogP contribution >= 0.6 is 0 Å². The van der Waals surface area contributed by atoms with Crippen LogP contribution in [-0.2, 0) is 4.79 Å². The predicted molar refractivity (Wildman–Crippen MR) is 102 cm³/mol. The number of nitrogens with one attached hydrogen (secondary N) is 2. The summed E-state index contributed by atoms with van der Waals surface area (Å²) in [5.41, 5.74) is 0. The Morgan fingerprint density at radius 1 is 1.36 bits per heavy atom. The Balaban J connectivity index is 1.89. The molecule has 1 amide bonds. The molecule has 0 unspecified atom stereocenters. The third-order valence-corrected chi connectivity index (χ3v) is 4.11. The number of nitrogens with zero attached hydrogens (tertiary/aromatic N) is 4. The largest absolute Gasteiger partial charge is 0.356 e. The van der Waals surface area contributed by atoms with Crippen LogP contribution in [0.5, 0.6) is 0 Å². The fraction of sp³-hybridized carbons (Fsp3) is 0.611. The number of amides is 1. The highest BCUT2D eigenvalue weighted by Gasteiger charge is 2.21. The minimum Gasteiger partial charge on any atom is -0.356 e. The lowest BCUT2D eigenvalue weighted by Crippen LogP contribution is -2.50. The van der Waals surface area contributed by atoms with Gasteiger partial charge in [0.15, 0.2) is 5.96 Å². The van der Waals surface area contributed by atoms with Gasteiger partial charge in [-0.2, -0.15) is 0 Å². The number of hydrogen-bond donors (Lipinski definition) is 2. The molecular formula is C18H30N6O. The summed E-state index contributed by atoms with van der Waals surface area (Å²) in [7, 11) is 3.49. The van der Waals surface area contributed by atoms with Crippen molar-refractivity contribution in [1.82, 2.24) is 20.5 Å². The first-order valence-electron chi connectivity index (χ1n) is 8.89. The zero-order valence-corrected chi connectivity index (χ0v) is 15.7. The molecule has 0 saturated carbocycles. The van der Waals surface area contributed by atoms with Gasteiger partial charge in [0.25, 0.3) is 0 Å². The fourth-order valence-corrected chi connectivity index (χ4v) is 2.68. The van der Waals surface area contributed by atoms with E-state index in [1.165, 1.54) is 0 Å². The lowest BCUT2D eigenvalue weighted by Gasteiger charge is -2.34. The van der Waals surface area contributed by atoms with Gasteiger partial charge in [0, 0.05) is 45.5 Å². The van der Waals surface area contributed by atoms with Crippen LogP contribution in [0.25, 0.3) is 0 Å². The zero-order chi connectivity index (χ0) is 18.2. The van der Waals surface area contributed by atoms with E-state index in [4.69, 9.17) is 0 Å². The third kappa shape index (κ3) is 6.25.